The van der Waals surface area contributed by atoms with E-state index >= 15 is 0 Å². The second-order valence-electron chi connectivity index (χ2n) is 7.33. The van der Waals surface area contributed by atoms with E-state index in [1.165, 1.54) is 14.2 Å². The van der Waals surface area contributed by atoms with Gasteiger partial charge in [-0.3, -0.25) is 14.5 Å². The maximum atomic E-state index is 13.8. The van der Waals surface area contributed by atoms with E-state index in [-0.39, 0.29) is 18.4 Å². The van der Waals surface area contributed by atoms with Crippen LogP contribution in [0.4, 0.5) is 0 Å². The molecule has 1 saturated carbocycles. The van der Waals surface area contributed by atoms with Gasteiger partial charge in [0.1, 0.15) is 28.8 Å². The average molecular weight is 406 g/mol. The fraction of sp³-hybridized carbons (Fsp3) is 0.619. The molecule has 2 fully saturated rings. The van der Waals surface area contributed by atoms with Crippen molar-refractivity contribution in [2.45, 2.75) is 43.9 Å². The summed E-state index contributed by atoms with van der Waals surface area (Å²) in [4.78, 5) is 28.3. The number of amides is 2. The molecule has 29 heavy (non-hydrogen) atoms. The van der Waals surface area contributed by atoms with Gasteiger partial charge in [-0.05, 0) is 37.8 Å². The number of ether oxygens (including phenoxy) is 4. The largest absolute Gasteiger partial charge is 0.496 e. The Hall–Kier alpha value is -2.32. The van der Waals surface area contributed by atoms with Crippen LogP contribution in [0.25, 0.3) is 0 Å². The van der Waals surface area contributed by atoms with Crippen molar-refractivity contribution < 1.29 is 28.5 Å². The Labute approximate surface area is 171 Å². The summed E-state index contributed by atoms with van der Waals surface area (Å²) in [5.41, 5.74) is -0.465. The molecule has 0 radical (unpaired) electrons. The van der Waals surface area contributed by atoms with Crippen molar-refractivity contribution in [3.05, 3.63) is 23.8 Å². The predicted octanol–water partition coefficient (Wildman–Crippen LogP) is 1.97. The number of carbonyl (C=O) groups excluding carboxylic acids is 2. The van der Waals surface area contributed by atoms with Gasteiger partial charge >= 0.3 is 0 Å². The molecule has 0 aromatic heterocycles. The van der Waals surface area contributed by atoms with Crippen LogP contribution >= 0.6 is 0 Å². The summed E-state index contributed by atoms with van der Waals surface area (Å²) < 4.78 is 22.0. The Bertz CT molecular complexity index is 710. The molecular formula is C21H30N2O6. The first-order valence-electron chi connectivity index (χ1n) is 10.0. The van der Waals surface area contributed by atoms with Gasteiger partial charge in [-0.15, -0.1) is 0 Å². The van der Waals surface area contributed by atoms with E-state index in [1.54, 1.807) is 30.2 Å². The Morgan fingerprint density at radius 2 is 1.79 bits per heavy atom. The number of nitrogens with zero attached hydrogens (tertiary/aromatic N) is 1. The van der Waals surface area contributed by atoms with Crippen LogP contribution < -0.4 is 14.8 Å². The first-order chi connectivity index (χ1) is 14.1. The molecule has 2 amide bonds. The molecule has 160 valence electrons. The third-order valence-corrected chi connectivity index (χ3v) is 5.66. The van der Waals surface area contributed by atoms with Crippen molar-refractivity contribution in [2.24, 2.45) is 0 Å². The molecule has 0 unspecified atom stereocenters. The van der Waals surface area contributed by atoms with Gasteiger partial charge in [0, 0.05) is 13.7 Å². The molecule has 1 aromatic rings. The minimum absolute atomic E-state index is 0.169. The Kier molecular flexibility index (Phi) is 6.97. The summed E-state index contributed by atoms with van der Waals surface area (Å²) in [6.45, 7) is 0.944. The topological polar surface area (TPSA) is 86.3 Å². The number of methoxy groups -OCH3 is 3. The van der Waals surface area contributed by atoms with E-state index < -0.39 is 11.8 Å². The summed E-state index contributed by atoms with van der Waals surface area (Å²) in [6, 6.07) is 4.48. The number of hydrogen-bond acceptors (Lipinski definition) is 6. The minimum Gasteiger partial charge on any atom is -0.496 e. The highest BCUT2D eigenvalue weighted by atomic mass is 16.5. The summed E-state index contributed by atoms with van der Waals surface area (Å²) in [5, 5.41) is 2.84. The summed E-state index contributed by atoms with van der Waals surface area (Å²) in [5.74, 6) is 0.258. The number of hydrogen-bond donors (Lipinski definition) is 1. The van der Waals surface area contributed by atoms with Crippen molar-refractivity contribution in [1.82, 2.24) is 10.2 Å². The van der Waals surface area contributed by atoms with Gasteiger partial charge in [0.05, 0.1) is 27.4 Å². The Balaban J connectivity index is 1.98. The zero-order valence-electron chi connectivity index (χ0n) is 17.4. The number of nitrogens with one attached hydrogen (secondary N) is 1. The van der Waals surface area contributed by atoms with E-state index in [0.29, 0.717) is 43.1 Å². The third-order valence-electron chi connectivity index (χ3n) is 5.66. The van der Waals surface area contributed by atoms with Gasteiger partial charge in [0.25, 0.3) is 5.91 Å². The van der Waals surface area contributed by atoms with Crippen LogP contribution in [0.1, 0.15) is 42.5 Å². The SMILES string of the molecule is COCCNC(=O)[C@H]1COC2(CCCCC2)N1C(=O)c1c(OC)cccc1OC. The van der Waals surface area contributed by atoms with Crippen molar-refractivity contribution >= 4 is 11.8 Å². The fourth-order valence-corrected chi connectivity index (χ4v) is 4.25. The van der Waals surface area contributed by atoms with Crippen molar-refractivity contribution in [2.75, 3.05) is 41.1 Å². The lowest BCUT2D eigenvalue weighted by Gasteiger charge is -2.41. The first-order valence-corrected chi connectivity index (χ1v) is 10.0. The minimum atomic E-state index is -0.773. The molecule has 1 heterocycles. The van der Waals surface area contributed by atoms with Crippen molar-refractivity contribution in [3.8, 4) is 11.5 Å². The van der Waals surface area contributed by atoms with Crippen LogP contribution in [-0.4, -0.2) is 69.6 Å². The van der Waals surface area contributed by atoms with Gasteiger partial charge in [-0.25, -0.2) is 0 Å². The van der Waals surface area contributed by atoms with E-state index in [1.807, 2.05) is 0 Å². The Morgan fingerprint density at radius 1 is 1.14 bits per heavy atom. The van der Waals surface area contributed by atoms with E-state index in [0.717, 1.165) is 19.3 Å². The van der Waals surface area contributed by atoms with E-state index in [9.17, 15) is 9.59 Å². The maximum absolute atomic E-state index is 13.8. The van der Waals surface area contributed by atoms with Crippen LogP contribution in [0.15, 0.2) is 18.2 Å². The number of carbonyl (C=O) groups is 2. The van der Waals surface area contributed by atoms with Crippen molar-refractivity contribution in [3.63, 3.8) is 0 Å². The molecular weight excluding hydrogens is 376 g/mol. The molecule has 1 spiro atoms. The van der Waals surface area contributed by atoms with Crippen LogP contribution in [0, 0.1) is 0 Å². The lowest BCUT2D eigenvalue weighted by Crippen LogP contribution is -2.56. The zero-order chi connectivity index (χ0) is 20.9. The average Bonchev–Trinajstić information content (AvgIpc) is 3.11. The monoisotopic (exact) mass is 406 g/mol. The third kappa shape index (κ3) is 4.18. The second kappa shape index (κ2) is 9.45. The maximum Gasteiger partial charge on any atom is 0.264 e. The highest BCUT2D eigenvalue weighted by Crippen LogP contribution is 2.43. The standard InChI is InChI=1S/C21H30N2O6/c1-26-13-12-22-19(24)15-14-29-21(10-5-4-6-11-21)23(15)20(25)18-16(27-2)8-7-9-17(18)28-3/h7-9,15H,4-6,10-14H2,1-3H3,(H,22,24)/t15-/m1/s1. The van der Waals surface area contributed by atoms with Crippen LogP contribution in [0.5, 0.6) is 11.5 Å². The molecule has 1 aromatic carbocycles. The predicted molar refractivity (Wildman–Crippen MR) is 106 cm³/mol. The molecule has 0 bridgehead atoms. The normalized spacial score (nSPS) is 20.5. The molecule has 1 aliphatic heterocycles. The molecule has 8 heteroatoms. The molecule has 1 N–H and O–H groups in total. The van der Waals surface area contributed by atoms with Gasteiger partial charge in [-0.2, -0.15) is 0 Å². The van der Waals surface area contributed by atoms with Gasteiger partial charge in [0.2, 0.25) is 5.91 Å². The van der Waals surface area contributed by atoms with Gasteiger partial charge in [-0.1, -0.05) is 12.5 Å². The fourth-order valence-electron chi connectivity index (χ4n) is 4.25. The smallest absolute Gasteiger partial charge is 0.264 e. The first kappa shape index (κ1) is 21.4. The van der Waals surface area contributed by atoms with Crippen LogP contribution in [0.2, 0.25) is 0 Å². The molecule has 8 nitrogen and oxygen atoms in total. The summed E-state index contributed by atoms with van der Waals surface area (Å²) in [7, 11) is 4.60. The quantitative estimate of drug-likeness (QED) is 0.697. The second-order valence-corrected chi connectivity index (χ2v) is 7.33. The molecule has 1 atom stereocenters. The Morgan fingerprint density at radius 3 is 2.38 bits per heavy atom. The number of benzene rings is 1. The summed E-state index contributed by atoms with van der Waals surface area (Å²) >= 11 is 0. The zero-order valence-corrected chi connectivity index (χ0v) is 17.4. The van der Waals surface area contributed by atoms with Crippen LogP contribution in [0.3, 0.4) is 0 Å². The molecule has 1 aliphatic carbocycles. The number of rotatable bonds is 7. The lowest BCUT2D eigenvalue weighted by molar-refractivity contribution is -0.127. The van der Waals surface area contributed by atoms with Crippen molar-refractivity contribution in [1.29, 1.82) is 0 Å². The lowest BCUT2D eigenvalue weighted by atomic mass is 9.89. The highest BCUT2D eigenvalue weighted by molar-refractivity contribution is 6.02. The van der Waals surface area contributed by atoms with E-state index in [4.69, 9.17) is 18.9 Å². The molecule has 2 aliphatic rings. The molecule has 1 saturated heterocycles. The molecule has 3 rings (SSSR count). The van der Waals surface area contributed by atoms with Gasteiger partial charge < -0.3 is 24.3 Å². The van der Waals surface area contributed by atoms with E-state index in [2.05, 4.69) is 5.32 Å². The highest BCUT2D eigenvalue weighted by Gasteiger charge is 2.53. The van der Waals surface area contributed by atoms with Gasteiger partial charge in [0.15, 0.2) is 0 Å². The summed E-state index contributed by atoms with van der Waals surface area (Å²) in [6.07, 6.45) is 4.40. The van der Waals surface area contributed by atoms with Crippen LogP contribution in [-0.2, 0) is 14.3 Å².